The van der Waals surface area contributed by atoms with Crippen LogP contribution in [0, 0.1) is 23.3 Å². The van der Waals surface area contributed by atoms with Crippen LogP contribution in [0.2, 0.25) is 0 Å². The van der Waals surface area contributed by atoms with Crippen molar-refractivity contribution in [1.29, 1.82) is 0 Å². The molecular weight excluding hydrogens is 611 g/mol. The molecule has 0 radical (unpaired) electrons. The Morgan fingerprint density at radius 3 is 1.24 bits per heavy atom. The Kier molecular flexibility index (Phi) is 10.9. The molecule has 0 saturated heterocycles. The van der Waals surface area contributed by atoms with Gasteiger partial charge in [-0.2, -0.15) is 12.4 Å². The van der Waals surface area contributed by atoms with Crippen LogP contribution in [-0.2, 0) is 17.0 Å². The SMILES string of the molecule is Fc1cccc(F)c1N=Cc1cccc2cc[n-]c12.Fc1cccc(F)c1N=Cc1cccc2cc[n-]c12.[Cl][Ti][Cl]. The molecule has 206 valence electrons. The van der Waals surface area contributed by atoms with Crippen molar-refractivity contribution in [3.05, 3.63) is 132 Å². The number of benzene rings is 4. The van der Waals surface area contributed by atoms with Crippen molar-refractivity contribution < 1.29 is 34.6 Å². The molecule has 0 N–H and O–H groups in total. The summed E-state index contributed by atoms with van der Waals surface area (Å²) >= 11 is -0.556. The maximum atomic E-state index is 13.4. The fourth-order valence-electron chi connectivity index (χ4n) is 3.81. The quantitative estimate of drug-likeness (QED) is 0.111. The van der Waals surface area contributed by atoms with Crippen LogP contribution in [0.4, 0.5) is 28.9 Å². The molecule has 11 heteroatoms. The van der Waals surface area contributed by atoms with E-state index >= 15 is 0 Å². The second-order valence-electron chi connectivity index (χ2n) is 8.19. The third-order valence-corrected chi connectivity index (χ3v) is 5.65. The van der Waals surface area contributed by atoms with Gasteiger partial charge in [-0.15, -0.1) is 11.0 Å². The Labute approximate surface area is 249 Å². The third kappa shape index (κ3) is 7.74. The Morgan fingerprint density at radius 2 is 0.878 bits per heavy atom. The number of aliphatic imine (C=N–C) groups is 2. The maximum absolute atomic E-state index is 13.4. The van der Waals surface area contributed by atoms with Crippen molar-refractivity contribution in [2.24, 2.45) is 9.98 Å². The van der Waals surface area contributed by atoms with E-state index < -0.39 is 40.3 Å². The van der Waals surface area contributed by atoms with Crippen LogP contribution in [0.1, 0.15) is 11.1 Å². The summed E-state index contributed by atoms with van der Waals surface area (Å²) in [6, 6.07) is 22.2. The number of fused-ring (bicyclic) bond motifs is 2. The number of hydrogen-bond donors (Lipinski definition) is 0. The van der Waals surface area contributed by atoms with Crippen molar-refractivity contribution in [3.8, 4) is 0 Å². The molecule has 6 rings (SSSR count). The minimum atomic E-state index is -0.682. The van der Waals surface area contributed by atoms with E-state index in [9.17, 15) is 17.6 Å². The van der Waals surface area contributed by atoms with Crippen LogP contribution >= 0.6 is 18.6 Å². The molecule has 0 bridgehead atoms. The summed E-state index contributed by atoms with van der Waals surface area (Å²) in [5.41, 5.74) is 2.42. The Bertz CT molecular complexity index is 1650. The van der Waals surface area contributed by atoms with E-state index in [4.69, 9.17) is 18.6 Å². The van der Waals surface area contributed by atoms with Crippen LogP contribution in [-0.4, -0.2) is 12.4 Å². The predicted octanol–water partition coefficient (Wildman–Crippen LogP) is 9.03. The van der Waals surface area contributed by atoms with Crippen molar-refractivity contribution >= 4 is 64.2 Å². The second-order valence-corrected chi connectivity index (χ2v) is 10.8. The Hall–Kier alpha value is -3.69. The van der Waals surface area contributed by atoms with Crippen molar-refractivity contribution in [1.82, 2.24) is 9.97 Å². The van der Waals surface area contributed by atoms with Gasteiger partial charge in [-0.05, 0) is 46.2 Å². The van der Waals surface area contributed by atoms with Crippen molar-refractivity contribution in [3.63, 3.8) is 0 Å². The first-order chi connectivity index (χ1) is 19.9. The summed E-state index contributed by atoms with van der Waals surface area (Å²) in [6.07, 6.45) is 6.23. The van der Waals surface area contributed by atoms with Gasteiger partial charge >= 0.3 is 35.6 Å². The van der Waals surface area contributed by atoms with Crippen LogP contribution < -0.4 is 9.97 Å². The summed E-state index contributed by atoms with van der Waals surface area (Å²) in [6.45, 7) is 0. The minimum absolute atomic E-state index is 0.286. The molecule has 0 aliphatic rings. The van der Waals surface area contributed by atoms with E-state index in [1.165, 1.54) is 48.8 Å². The molecule has 0 atom stereocenters. The average Bonchev–Trinajstić information content (AvgIpc) is 3.64. The van der Waals surface area contributed by atoms with Gasteiger partial charge < -0.3 is 9.97 Å². The van der Waals surface area contributed by atoms with Gasteiger partial charge in [-0.1, -0.05) is 60.7 Å². The van der Waals surface area contributed by atoms with E-state index in [0.717, 1.165) is 32.9 Å². The first kappa shape index (κ1) is 30.3. The van der Waals surface area contributed by atoms with E-state index in [0.29, 0.717) is 0 Å². The zero-order valence-electron chi connectivity index (χ0n) is 20.9. The van der Waals surface area contributed by atoms with Gasteiger partial charge in [0.15, 0.2) is 23.3 Å². The first-order valence-corrected chi connectivity index (χ1v) is 16.2. The summed E-state index contributed by atoms with van der Waals surface area (Å²) in [5.74, 6) is -2.73. The molecule has 0 amide bonds. The molecule has 0 aliphatic heterocycles. The Balaban J connectivity index is 0.000000173. The number of halogens is 6. The standard InChI is InChI=1S/2C15H9F2N2.2ClH.Ti/c2*16-12-5-2-6-13(17)15(12)19-9-11-4-1-3-10-7-8-18-14(10)11;;;/h2*1-9H;2*1H;/q2*-1;;;+2/p-2. The van der Waals surface area contributed by atoms with Crippen LogP contribution in [0.5, 0.6) is 0 Å². The number of hydrogen-bond acceptors (Lipinski definition) is 2. The molecular formula is C30H18Cl2F4N4Ti-2. The third-order valence-electron chi connectivity index (χ3n) is 5.65. The van der Waals surface area contributed by atoms with Gasteiger partial charge in [0, 0.05) is 12.4 Å². The molecule has 0 saturated carbocycles. The van der Waals surface area contributed by atoms with Gasteiger partial charge in [0.1, 0.15) is 11.4 Å². The van der Waals surface area contributed by atoms with E-state index in [1.807, 2.05) is 36.4 Å². The molecule has 6 aromatic rings. The monoisotopic (exact) mass is 628 g/mol. The van der Waals surface area contributed by atoms with Crippen LogP contribution in [0.15, 0.2) is 107 Å². The zero-order valence-corrected chi connectivity index (χ0v) is 24.0. The first-order valence-electron chi connectivity index (χ1n) is 11.9. The normalized spacial score (nSPS) is 11.0. The van der Waals surface area contributed by atoms with Crippen molar-refractivity contribution in [2.75, 3.05) is 0 Å². The van der Waals surface area contributed by atoms with Gasteiger partial charge in [0.25, 0.3) is 0 Å². The molecule has 0 fully saturated rings. The molecule has 4 nitrogen and oxygen atoms in total. The van der Waals surface area contributed by atoms with Gasteiger partial charge in [0.05, 0.1) is 0 Å². The summed E-state index contributed by atoms with van der Waals surface area (Å²) in [5, 5.41) is 1.94. The second kappa shape index (κ2) is 14.8. The predicted molar refractivity (Wildman–Crippen MR) is 153 cm³/mol. The van der Waals surface area contributed by atoms with E-state index in [1.54, 1.807) is 24.5 Å². The van der Waals surface area contributed by atoms with Gasteiger partial charge in [-0.3, -0.25) is 9.98 Å². The molecule has 41 heavy (non-hydrogen) atoms. The number of para-hydroxylation sites is 4. The molecule has 2 heterocycles. The molecule has 2 aromatic heterocycles. The number of aromatic nitrogens is 2. The molecule has 4 aromatic carbocycles. The van der Waals surface area contributed by atoms with E-state index in [-0.39, 0.29) is 11.4 Å². The van der Waals surface area contributed by atoms with Crippen LogP contribution in [0.3, 0.4) is 0 Å². The summed E-state index contributed by atoms with van der Waals surface area (Å²) in [4.78, 5) is 16.2. The summed E-state index contributed by atoms with van der Waals surface area (Å²) in [7, 11) is 9.78. The average molecular weight is 629 g/mol. The zero-order chi connectivity index (χ0) is 29.2. The molecule has 0 unspecified atom stereocenters. The number of rotatable bonds is 4. The molecule has 0 aliphatic carbocycles. The van der Waals surface area contributed by atoms with E-state index in [2.05, 4.69) is 20.0 Å². The van der Waals surface area contributed by atoms with Crippen molar-refractivity contribution in [2.45, 2.75) is 0 Å². The fourth-order valence-corrected chi connectivity index (χ4v) is 3.81. The van der Waals surface area contributed by atoms with Crippen LogP contribution in [0.25, 0.3) is 21.8 Å². The Morgan fingerprint density at radius 1 is 0.537 bits per heavy atom. The molecule has 0 spiro atoms. The topological polar surface area (TPSA) is 52.9 Å². The van der Waals surface area contributed by atoms with Gasteiger partial charge in [0.2, 0.25) is 0 Å². The van der Waals surface area contributed by atoms with Gasteiger partial charge in [-0.25, -0.2) is 17.6 Å². The fraction of sp³-hybridized carbons (Fsp3) is 0. The number of nitrogens with zero attached hydrogens (tertiary/aromatic N) is 4. The summed E-state index contributed by atoms with van der Waals surface area (Å²) < 4.78 is 53.8.